The smallest absolute Gasteiger partial charge is 0.102 e. The van der Waals surface area contributed by atoms with Crippen molar-refractivity contribution in [3.8, 4) is 0 Å². The zero-order valence-corrected chi connectivity index (χ0v) is 10.6. The third-order valence-corrected chi connectivity index (χ3v) is 3.02. The lowest BCUT2D eigenvalue weighted by Gasteiger charge is -2.28. The molecule has 0 radical (unpaired) electrons. The Bertz CT molecular complexity index is 307. The first-order valence-corrected chi connectivity index (χ1v) is 6.12. The summed E-state index contributed by atoms with van der Waals surface area (Å²) >= 11 is 0. The SMILES string of the molecule is CCCNCC(O)(CC)c1ccc(C)cc1. The summed E-state index contributed by atoms with van der Waals surface area (Å²) in [5, 5.41) is 13.8. The normalized spacial score (nSPS) is 14.8. The summed E-state index contributed by atoms with van der Waals surface area (Å²) in [5.74, 6) is 0. The van der Waals surface area contributed by atoms with Crippen LogP contribution in [-0.2, 0) is 5.60 Å². The molecule has 16 heavy (non-hydrogen) atoms. The quantitative estimate of drug-likeness (QED) is 0.724. The first-order chi connectivity index (χ1) is 7.62. The van der Waals surface area contributed by atoms with Crippen LogP contribution in [0.15, 0.2) is 24.3 Å². The molecule has 0 aromatic heterocycles. The van der Waals surface area contributed by atoms with Crippen molar-refractivity contribution in [3.05, 3.63) is 35.4 Å². The zero-order valence-electron chi connectivity index (χ0n) is 10.6. The Balaban J connectivity index is 2.74. The molecule has 1 aromatic rings. The molecule has 0 aliphatic rings. The van der Waals surface area contributed by atoms with Crippen LogP contribution in [0.25, 0.3) is 0 Å². The van der Waals surface area contributed by atoms with E-state index < -0.39 is 5.60 Å². The van der Waals surface area contributed by atoms with Crippen LogP contribution < -0.4 is 5.32 Å². The first kappa shape index (κ1) is 13.2. The fourth-order valence-corrected chi connectivity index (χ4v) is 1.77. The van der Waals surface area contributed by atoms with Crippen molar-refractivity contribution in [2.24, 2.45) is 0 Å². The van der Waals surface area contributed by atoms with Gasteiger partial charge < -0.3 is 10.4 Å². The molecule has 0 saturated carbocycles. The zero-order chi connectivity index (χ0) is 12.0. The number of aliphatic hydroxyl groups is 1. The van der Waals surface area contributed by atoms with Crippen LogP contribution >= 0.6 is 0 Å². The third-order valence-electron chi connectivity index (χ3n) is 3.02. The van der Waals surface area contributed by atoms with Crippen LogP contribution in [0.1, 0.15) is 37.8 Å². The van der Waals surface area contributed by atoms with Crippen molar-refractivity contribution >= 4 is 0 Å². The molecule has 0 spiro atoms. The molecule has 1 rings (SSSR count). The summed E-state index contributed by atoms with van der Waals surface area (Å²) in [6.07, 6.45) is 1.82. The van der Waals surface area contributed by atoms with Gasteiger partial charge in [-0.1, -0.05) is 43.7 Å². The van der Waals surface area contributed by atoms with Gasteiger partial charge in [0, 0.05) is 6.54 Å². The number of nitrogens with one attached hydrogen (secondary N) is 1. The Kier molecular flexibility index (Phi) is 4.97. The molecule has 0 fully saturated rings. The fourth-order valence-electron chi connectivity index (χ4n) is 1.77. The van der Waals surface area contributed by atoms with E-state index >= 15 is 0 Å². The molecule has 1 atom stereocenters. The predicted molar refractivity (Wildman–Crippen MR) is 68.5 cm³/mol. The molecule has 2 heteroatoms. The van der Waals surface area contributed by atoms with Gasteiger partial charge in [0.2, 0.25) is 0 Å². The Morgan fingerprint density at radius 1 is 1.19 bits per heavy atom. The lowest BCUT2D eigenvalue weighted by atomic mass is 9.90. The van der Waals surface area contributed by atoms with Crippen molar-refractivity contribution < 1.29 is 5.11 Å². The average molecular weight is 221 g/mol. The Labute approximate surface area is 98.7 Å². The standard InChI is InChI=1S/C14H23NO/c1-4-10-15-11-14(16,5-2)13-8-6-12(3)7-9-13/h6-9,15-16H,4-5,10-11H2,1-3H3. The molecule has 2 N–H and O–H groups in total. The van der Waals surface area contributed by atoms with Crippen molar-refractivity contribution in [2.75, 3.05) is 13.1 Å². The molecular weight excluding hydrogens is 198 g/mol. The van der Waals surface area contributed by atoms with E-state index in [4.69, 9.17) is 0 Å². The second-order valence-electron chi connectivity index (χ2n) is 4.43. The van der Waals surface area contributed by atoms with Gasteiger partial charge in [-0.25, -0.2) is 0 Å². The summed E-state index contributed by atoms with van der Waals surface area (Å²) < 4.78 is 0. The van der Waals surface area contributed by atoms with E-state index in [9.17, 15) is 5.11 Å². The summed E-state index contributed by atoms with van der Waals surface area (Å²) in [5.41, 5.74) is 1.50. The molecule has 0 bridgehead atoms. The van der Waals surface area contributed by atoms with E-state index in [2.05, 4.69) is 31.3 Å². The van der Waals surface area contributed by atoms with Crippen LogP contribution in [0.3, 0.4) is 0 Å². The van der Waals surface area contributed by atoms with E-state index in [1.54, 1.807) is 0 Å². The molecule has 1 aromatic carbocycles. The van der Waals surface area contributed by atoms with E-state index in [1.807, 2.05) is 19.1 Å². The minimum Gasteiger partial charge on any atom is -0.384 e. The molecule has 0 saturated heterocycles. The third kappa shape index (κ3) is 3.32. The number of hydrogen-bond donors (Lipinski definition) is 2. The van der Waals surface area contributed by atoms with Crippen LogP contribution in [0.4, 0.5) is 0 Å². The second kappa shape index (κ2) is 6.02. The summed E-state index contributed by atoms with van der Waals surface area (Å²) in [6, 6.07) is 8.14. The van der Waals surface area contributed by atoms with Crippen molar-refractivity contribution in [3.63, 3.8) is 0 Å². The van der Waals surface area contributed by atoms with Gasteiger partial charge in [-0.3, -0.25) is 0 Å². The van der Waals surface area contributed by atoms with Gasteiger partial charge >= 0.3 is 0 Å². The van der Waals surface area contributed by atoms with Crippen molar-refractivity contribution in [1.82, 2.24) is 5.32 Å². The maximum atomic E-state index is 10.5. The molecule has 2 nitrogen and oxygen atoms in total. The van der Waals surface area contributed by atoms with E-state index in [0.717, 1.165) is 24.9 Å². The molecule has 0 aliphatic carbocycles. The van der Waals surface area contributed by atoms with E-state index in [1.165, 1.54) is 5.56 Å². The Morgan fingerprint density at radius 2 is 1.81 bits per heavy atom. The van der Waals surface area contributed by atoms with Crippen LogP contribution in [0.2, 0.25) is 0 Å². The topological polar surface area (TPSA) is 32.3 Å². The first-order valence-electron chi connectivity index (χ1n) is 6.12. The highest BCUT2D eigenvalue weighted by Gasteiger charge is 2.26. The molecule has 0 heterocycles. The lowest BCUT2D eigenvalue weighted by Crippen LogP contribution is -2.37. The number of rotatable bonds is 6. The van der Waals surface area contributed by atoms with Gasteiger partial charge in [0.15, 0.2) is 0 Å². The fraction of sp³-hybridized carbons (Fsp3) is 0.571. The molecule has 1 unspecified atom stereocenters. The molecule has 0 aliphatic heterocycles. The molecule has 0 amide bonds. The highest BCUT2D eigenvalue weighted by atomic mass is 16.3. The highest BCUT2D eigenvalue weighted by Crippen LogP contribution is 2.24. The largest absolute Gasteiger partial charge is 0.384 e. The van der Waals surface area contributed by atoms with Gasteiger partial charge in [0.1, 0.15) is 5.60 Å². The Hall–Kier alpha value is -0.860. The second-order valence-corrected chi connectivity index (χ2v) is 4.43. The maximum Gasteiger partial charge on any atom is 0.102 e. The minimum atomic E-state index is -0.733. The predicted octanol–water partition coefficient (Wildman–Crippen LogP) is 2.59. The summed E-state index contributed by atoms with van der Waals surface area (Å²) in [6.45, 7) is 7.79. The van der Waals surface area contributed by atoms with E-state index in [0.29, 0.717) is 6.54 Å². The van der Waals surface area contributed by atoms with Gasteiger partial charge in [-0.05, 0) is 31.9 Å². The average Bonchev–Trinajstić information content (AvgIpc) is 2.30. The van der Waals surface area contributed by atoms with Crippen LogP contribution in [0, 0.1) is 6.92 Å². The van der Waals surface area contributed by atoms with Crippen LogP contribution in [-0.4, -0.2) is 18.2 Å². The van der Waals surface area contributed by atoms with Gasteiger partial charge in [-0.2, -0.15) is 0 Å². The number of aryl methyl sites for hydroxylation is 1. The maximum absolute atomic E-state index is 10.5. The summed E-state index contributed by atoms with van der Waals surface area (Å²) in [7, 11) is 0. The van der Waals surface area contributed by atoms with Gasteiger partial charge in [0.05, 0.1) is 0 Å². The monoisotopic (exact) mass is 221 g/mol. The molecular formula is C14H23NO. The molecule has 90 valence electrons. The number of benzene rings is 1. The lowest BCUT2D eigenvalue weighted by molar-refractivity contribution is 0.0329. The minimum absolute atomic E-state index is 0.625. The van der Waals surface area contributed by atoms with Gasteiger partial charge in [-0.15, -0.1) is 0 Å². The summed E-state index contributed by atoms with van der Waals surface area (Å²) in [4.78, 5) is 0. The van der Waals surface area contributed by atoms with Crippen molar-refractivity contribution in [1.29, 1.82) is 0 Å². The van der Waals surface area contributed by atoms with Crippen LogP contribution in [0.5, 0.6) is 0 Å². The van der Waals surface area contributed by atoms with Gasteiger partial charge in [0.25, 0.3) is 0 Å². The van der Waals surface area contributed by atoms with E-state index in [-0.39, 0.29) is 0 Å². The highest BCUT2D eigenvalue weighted by molar-refractivity contribution is 5.26. The number of hydrogen-bond acceptors (Lipinski definition) is 2. The van der Waals surface area contributed by atoms with Crippen molar-refractivity contribution in [2.45, 2.75) is 39.2 Å². The Morgan fingerprint density at radius 3 is 2.31 bits per heavy atom.